The van der Waals surface area contributed by atoms with Crippen molar-refractivity contribution < 1.29 is 0 Å². The number of aromatic nitrogens is 2. The van der Waals surface area contributed by atoms with E-state index in [1.165, 1.54) is 97.1 Å². The Bertz CT molecular complexity index is 3120. The van der Waals surface area contributed by atoms with Crippen LogP contribution >= 0.6 is 11.3 Å². The molecule has 0 fully saturated rings. The van der Waals surface area contributed by atoms with Gasteiger partial charge in [-0.15, -0.1) is 11.3 Å². The average Bonchev–Trinajstić information content (AvgIpc) is 3.85. The van der Waals surface area contributed by atoms with Crippen molar-refractivity contribution in [2.75, 3.05) is 0 Å². The zero-order valence-electron chi connectivity index (χ0n) is 27.9. The van der Waals surface area contributed by atoms with E-state index in [0.717, 1.165) is 12.8 Å². The van der Waals surface area contributed by atoms with Crippen LogP contribution in [0, 0.1) is 0 Å². The van der Waals surface area contributed by atoms with Crippen molar-refractivity contribution in [3.05, 3.63) is 168 Å². The van der Waals surface area contributed by atoms with Gasteiger partial charge in [0.05, 0.1) is 26.9 Å². The molecule has 2 nitrogen and oxygen atoms in total. The van der Waals surface area contributed by atoms with Crippen LogP contribution in [0.2, 0.25) is 0 Å². The fourth-order valence-corrected chi connectivity index (χ4v) is 9.61. The molecule has 0 spiro atoms. The maximum absolute atomic E-state index is 2.49. The van der Waals surface area contributed by atoms with Crippen molar-refractivity contribution >= 4 is 76.4 Å². The van der Waals surface area contributed by atoms with E-state index in [9.17, 15) is 0 Å². The lowest BCUT2D eigenvalue weighted by Gasteiger charge is -2.12. The molecule has 3 heterocycles. The molecule has 3 heteroatoms. The molecule has 1 aliphatic rings. The Morgan fingerprint density at radius 2 is 1.04 bits per heavy atom. The Kier molecular flexibility index (Phi) is 6.28. The highest BCUT2D eigenvalue weighted by Crippen LogP contribution is 2.41. The third kappa shape index (κ3) is 4.35. The van der Waals surface area contributed by atoms with E-state index in [1.54, 1.807) is 0 Å². The molecule has 7 aromatic carbocycles. The highest BCUT2D eigenvalue weighted by atomic mass is 32.1. The Hall–Kier alpha value is -6.16. The van der Waals surface area contributed by atoms with Crippen molar-refractivity contribution in [1.29, 1.82) is 0 Å². The van der Waals surface area contributed by atoms with Gasteiger partial charge in [-0.05, 0) is 77.6 Å². The summed E-state index contributed by atoms with van der Waals surface area (Å²) >= 11 is 1.89. The molecule has 1 aliphatic carbocycles. The SMILES string of the molecule is C1=c2c(n(-c3ccc(-c4ccccc4)cc3)c3cc(-c4ccc5c6ccccc6n(-c6cccc7c6sc6ccccc67)c5c4)ccc23)=CCC1. The molecule has 240 valence electrons. The van der Waals surface area contributed by atoms with Gasteiger partial charge >= 0.3 is 0 Å². The summed E-state index contributed by atoms with van der Waals surface area (Å²) in [4.78, 5) is 0. The predicted molar refractivity (Wildman–Crippen MR) is 219 cm³/mol. The molecule has 3 aromatic heterocycles. The molecule has 51 heavy (non-hydrogen) atoms. The van der Waals surface area contributed by atoms with E-state index in [2.05, 4.69) is 179 Å². The van der Waals surface area contributed by atoms with Crippen LogP contribution in [0.15, 0.2) is 158 Å². The second-order valence-electron chi connectivity index (χ2n) is 13.6. The molecule has 11 rings (SSSR count). The number of fused-ring (bicyclic) bond motifs is 9. The first-order chi connectivity index (χ1) is 25.3. The van der Waals surface area contributed by atoms with E-state index in [4.69, 9.17) is 0 Å². The zero-order valence-corrected chi connectivity index (χ0v) is 28.7. The van der Waals surface area contributed by atoms with Crippen molar-refractivity contribution in [2.45, 2.75) is 12.8 Å². The maximum atomic E-state index is 2.49. The molecule has 0 aliphatic heterocycles. The van der Waals surface area contributed by atoms with Gasteiger partial charge in [0.25, 0.3) is 0 Å². The standard InChI is InChI=1S/C48H32N2S/c1-2-11-31(12-3-1)32-21-25-35(26-22-32)49-42-17-7-4-13-36(42)38-27-23-33(29-45(38)49)34-24-28-39-37-14-5-8-18-43(37)50(46(39)30-34)44-19-10-16-41-40-15-6-9-20-47(40)51-48(41)44/h1-3,5-6,8-30H,4,7H2. The molecule has 0 amide bonds. The average molecular weight is 669 g/mol. The minimum absolute atomic E-state index is 1.06. The first-order valence-corrected chi connectivity index (χ1v) is 18.6. The lowest BCUT2D eigenvalue weighted by Crippen LogP contribution is -2.30. The summed E-state index contributed by atoms with van der Waals surface area (Å²) in [6.45, 7) is 0. The lowest BCUT2D eigenvalue weighted by molar-refractivity contribution is 1.02. The van der Waals surface area contributed by atoms with Gasteiger partial charge in [-0.2, -0.15) is 0 Å². The first-order valence-electron chi connectivity index (χ1n) is 17.8. The number of thiophene rings is 1. The van der Waals surface area contributed by atoms with Gasteiger partial charge in [-0.25, -0.2) is 0 Å². The van der Waals surface area contributed by atoms with Crippen LogP contribution in [0.3, 0.4) is 0 Å². The molecule has 0 radical (unpaired) electrons. The monoisotopic (exact) mass is 668 g/mol. The number of hydrogen-bond donors (Lipinski definition) is 0. The third-order valence-electron chi connectivity index (χ3n) is 10.8. The fourth-order valence-electron chi connectivity index (χ4n) is 8.41. The topological polar surface area (TPSA) is 9.86 Å². The minimum Gasteiger partial charge on any atom is -0.310 e. The number of para-hydroxylation sites is 1. The largest absolute Gasteiger partial charge is 0.310 e. The zero-order chi connectivity index (χ0) is 33.5. The van der Waals surface area contributed by atoms with Gasteiger partial charge in [-0.1, -0.05) is 127 Å². The van der Waals surface area contributed by atoms with Crippen molar-refractivity contribution in [3.63, 3.8) is 0 Å². The highest BCUT2D eigenvalue weighted by Gasteiger charge is 2.18. The lowest BCUT2D eigenvalue weighted by atomic mass is 10.0. The Balaban J connectivity index is 1.12. The number of nitrogens with zero attached hydrogens (tertiary/aromatic N) is 2. The summed E-state index contributed by atoms with van der Waals surface area (Å²) in [5, 5.41) is 9.15. The van der Waals surface area contributed by atoms with Crippen LogP contribution in [0.5, 0.6) is 0 Å². The molecular formula is C48H32N2S. The molecular weight excluding hydrogens is 637 g/mol. The van der Waals surface area contributed by atoms with Crippen LogP contribution < -0.4 is 10.6 Å². The summed E-state index contributed by atoms with van der Waals surface area (Å²) in [6, 6.07) is 58.2. The molecule has 0 unspecified atom stereocenters. The van der Waals surface area contributed by atoms with Gasteiger partial charge in [0.1, 0.15) is 0 Å². The molecule has 0 bridgehead atoms. The minimum atomic E-state index is 1.06. The summed E-state index contributed by atoms with van der Waals surface area (Å²) in [6.07, 6.45) is 6.98. The predicted octanol–water partition coefficient (Wildman–Crippen LogP) is 11.8. The van der Waals surface area contributed by atoms with Crippen LogP contribution in [-0.4, -0.2) is 9.13 Å². The normalized spacial score (nSPS) is 12.9. The molecule has 0 saturated heterocycles. The number of hydrogen-bond acceptors (Lipinski definition) is 1. The van der Waals surface area contributed by atoms with E-state index in [0.29, 0.717) is 0 Å². The van der Waals surface area contributed by atoms with Crippen LogP contribution in [0.4, 0.5) is 0 Å². The Morgan fingerprint density at radius 3 is 1.88 bits per heavy atom. The molecule has 10 aromatic rings. The van der Waals surface area contributed by atoms with Crippen LogP contribution in [0.25, 0.3) is 98.7 Å². The molecule has 0 N–H and O–H groups in total. The van der Waals surface area contributed by atoms with Gasteiger partial charge in [-0.3, -0.25) is 0 Å². The second kappa shape index (κ2) is 11.2. The van der Waals surface area contributed by atoms with Gasteiger partial charge in [0, 0.05) is 47.9 Å². The molecule has 0 saturated carbocycles. The van der Waals surface area contributed by atoms with Gasteiger partial charge in [0.2, 0.25) is 0 Å². The van der Waals surface area contributed by atoms with E-state index < -0.39 is 0 Å². The van der Waals surface area contributed by atoms with E-state index in [1.807, 2.05) is 11.3 Å². The fraction of sp³-hybridized carbons (Fsp3) is 0.0417. The molecule has 0 atom stereocenters. The van der Waals surface area contributed by atoms with Gasteiger partial charge in [0.15, 0.2) is 0 Å². The Morgan fingerprint density at radius 1 is 0.412 bits per heavy atom. The Labute approximate surface area is 299 Å². The third-order valence-corrected chi connectivity index (χ3v) is 12.0. The summed E-state index contributed by atoms with van der Waals surface area (Å²) < 4.78 is 7.60. The van der Waals surface area contributed by atoms with Crippen LogP contribution in [-0.2, 0) is 0 Å². The second-order valence-corrected chi connectivity index (χ2v) is 14.7. The summed E-state index contributed by atoms with van der Waals surface area (Å²) in [7, 11) is 0. The quantitative estimate of drug-likeness (QED) is 0.177. The van der Waals surface area contributed by atoms with Crippen molar-refractivity contribution in [3.8, 4) is 33.6 Å². The van der Waals surface area contributed by atoms with Crippen LogP contribution in [0.1, 0.15) is 12.8 Å². The van der Waals surface area contributed by atoms with Gasteiger partial charge < -0.3 is 9.13 Å². The number of rotatable bonds is 4. The van der Waals surface area contributed by atoms with Crippen molar-refractivity contribution in [2.24, 2.45) is 0 Å². The summed E-state index contributed by atoms with van der Waals surface area (Å²) in [5.74, 6) is 0. The smallest absolute Gasteiger partial charge is 0.0640 e. The van der Waals surface area contributed by atoms with E-state index >= 15 is 0 Å². The van der Waals surface area contributed by atoms with Crippen molar-refractivity contribution in [1.82, 2.24) is 9.13 Å². The summed E-state index contributed by atoms with van der Waals surface area (Å²) in [5.41, 5.74) is 11.0. The number of benzene rings is 7. The highest BCUT2D eigenvalue weighted by molar-refractivity contribution is 7.26. The first kappa shape index (κ1) is 28.7. The van der Waals surface area contributed by atoms with E-state index in [-0.39, 0.29) is 0 Å². The maximum Gasteiger partial charge on any atom is 0.0640 e.